The molecule has 2 rings (SSSR count). The van der Waals surface area contributed by atoms with Gasteiger partial charge < -0.3 is 10.5 Å². The SMILES string of the molecule is COc1ccccc1S(=O)(=O)C1(C(C)N)CCC1. The van der Waals surface area contributed by atoms with Crippen LogP contribution < -0.4 is 10.5 Å². The second kappa shape index (κ2) is 4.55. The topological polar surface area (TPSA) is 69.4 Å². The molecular weight excluding hydrogens is 250 g/mol. The third-order valence-corrected chi connectivity index (χ3v) is 6.69. The summed E-state index contributed by atoms with van der Waals surface area (Å²) in [6.45, 7) is 1.77. The van der Waals surface area contributed by atoms with Crippen LogP contribution >= 0.6 is 0 Å². The molecule has 0 spiro atoms. The molecule has 1 atom stereocenters. The highest BCUT2D eigenvalue weighted by Gasteiger charge is 2.52. The zero-order valence-corrected chi connectivity index (χ0v) is 11.5. The fraction of sp³-hybridized carbons (Fsp3) is 0.538. The van der Waals surface area contributed by atoms with Crippen LogP contribution in [0.1, 0.15) is 26.2 Å². The minimum absolute atomic E-state index is 0.254. The van der Waals surface area contributed by atoms with Crippen LogP contribution in [0.25, 0.3) is 0 Å². The largest absolute Gasteiger partial charge is 0.495 e. The van der Waals surface area contributed by atoms with Gasteiger partial charge in [0.2, 0.25) is 0 Å². The van der Waals surface area contributed by atoms with Crippen molar-refractivity contribution in [2.75, 3.05) is 7.11 Å². The molecule has 0 aliphatic heterocycles. The molecular formula is C13H19NO3S. The van der Waals surface area contributed by atoms with E-state index in [0.717, 1.165) is 6.42 Å². The smallest absolute Gasteiger partial charge is 0.189 e. The Bertz CT molecular complexity index is 533. The summed E-state index contributed by atoms with van der Waals surface area (Å²) in [6, 6.07) is 6.36. The number of para-hydroxylation sites is 1. The maximum absolute atomic E-state index is 12.8. The van der Waals surface area contributed by atoms with Gasteiger partial charge in [0.15, 0.2) is 9.84 Å². The predicted molar refractivity (Wildman–Crippen MR) is 70.4 cm³/mol. The average molecular weight is 269 g/mol. The lowest BCUT2D eigenvalue weighted by Crippen LogP contribution is -2.56. The van der Waals surface area contributed by atoms with Gasteiger partial charge in [-0.1, -0.05) is 18.6 Å². The second-order valence-electron chi connectivity index (χ2n) is 4.86. The lowest BCUT2D eigenvalue weighted by atomic mass is 9.79. The van der Waals surface area contributed by atoms with E-state index in [0.29, 0.717) is 18.6 Å². The Morgan fingerprint density at radius 1 is 1.33 bits per heavy atom. The van der Waals surface area contributed by atoms with Crippen molar-refractivity contribution in [1.29, 1.82) is 0 Å². The minimum Gasteiger partial charge on any atom is -0.495 e. The molecule has 0 bridgehead atoms. The number of sulfone groups is 1. The zero-order chi connectivity index (χ0) is 13.4. The van der Waals surface area contributed by atoms with Crippen molar-refractivity contribution < 1.29 is 13.2 Å². The molecule has 1 aliphatic rings. The van der Waals surface area contributed by atoms with Gasteiger partial charge in [-0.3, -0.25) is 0 Å². The van der Waals surface area contributed by atoms with Gasteiger partial charge in [-0.25, -0.2) is 8.42 Å². The Balaban J connectivity index is 2.55. The Hall–Kier alpha value is -1.07. The monoisotopic (exact) mass is 269 g/mol. The van der Waals surface area contributed by atoms with E-state index in [9.17, 15) is 8.42 Å². The summed E-state index contributed by atoms with van der Waals surface area (Å²) in [7, 11) is -1.98. The van der Waals surface area contributed by atoms with Gasteiger partial charge in [0.05, 0.1) is 11.9 Å². The first-order valence-corrected chi connectivity index (χ1v) is 7.57. The summed E-state index contributed by atoms with van der Waals surface area (Å²) in [5.41, 5.74) is 5.93. The standard InChI is InChI=1S/C13H19NO3S/c1-10(14)13(8-5-9-13)18(15,16)12-7-4-3-6-11(12)17-2/h3-4,6-7,10H,5,8-9,14H2,1-2H3. The van der Waals surface area contributed by atoms with E-state index < -0.39 is 14.6 Å². The summed E-state index contributed by atoms with van der Waals surface area (Å²) in [6.07, 6.45) is 2.17. The van der Waals surface area contributed by atoms with Crippen molar-refractivity contribution in [2.45, 2.75) is 41.9 Å². The molecule has 2 N–H and O–H groups in total. The van der Waals surface area contributed by atoms with Crippen LogP contribution in [-0.4, -0.2) is 26.3 Å². The lowest BCUT2D eigenvalue weighted by molar-refractivity contribution is 0.295. The van der Waals surface area contributed by atoms with E-state index >= 15 is 0 Å². The lowest BCUT2D eigenvalue weighted by Gasteiger charge is -2.44. The molecule has 18 heavy (non-hydrogen) atoms. The van der Waals surface area contributed by atoms with E-state index in [1.807, 2.05) is 0 Å². The van der Waals surface area contributed by atoms with E-state index in [4.69, 9.17) is 10.5 Å². The molecule has 4 nitrogen and oxygen atoms in total. The molecule has 0 amide bonds. The van der Waals surface area contributed by atoms with Crippen LogP contribution in [-0.2, 0) is 9.84 Å². The Morgan fingerprint density at radius 3 is 2.39 bits per heavy atom. The van der Waals surface area contributed by atoms with E-state index in [-0.39, 0.29) is 10.9 Å². The van der Waals surface area contributed by atoms with Crippen LogP contribution in [0.5, 0.6) is 5.75 Å². The fourth-order valence-corrected chi connectivity index (χ4v) is 4.98. The molecule has 1 fully saturated rings. The number of nitrogens with two attached hydrogens (primary N) is 1. The van der Waals surface area contributed by atoms with Gasteiger partial charge in [0.25, 0.3) is 0 Å². The molecule has 0 aromatic heterocycles. The zero-order valence-electron chi connectivity index (χ0n) is 10.7. The number of hydrogen-bond acceptors (Lipinski definition) is 4. The Kier molecular flexibility index (Phi) is 3.38. The van der Waals surface area contributed by atoms with Crippen molar-refractivity contribution in [2.24, 2.45) is 5.73 Å². The molecule has 0 heterocycles. The quantitative estimate of drug-likeness (QED) is 0.904. The third-order valence-electron chi connectivity index (χ3n) is 3.92. The van der Waals surface area contributed by atoms with Crippen LogP contribution in [0.4, 0.5) is 0 Å². The molecule has 1 unspecified atom stereocenters. The van der Waals surface area contributed by atoms with Crippen molar-refractivity contribution in [1.82, 2.24) is 0 Å². The highest BCUT2D eigenvalue weighted by molar-refractivity contribution is 7.93. The van der Waals surface area contributed by atoms with Crippen molar-refractivity contribution in [3.8, 4) is 5.75 Å². The highest BCUT2D eigenvalue weighted by atomic mass is 32.2. The van der Waals surface area contributed by atoms with Gasteiger partial charge in [0, 0.05) is 6.04 Å². The number of ether oxygens (including phenoxy) is 1. The summed E-state index contributed by atoms with van der Waals surface area (Å²) in [5, 5.41) is 0. The van der Waals surface area contributed by atoms with Crippen molar-refractivity contribution in [3.05, 3.63) is 24.3 Å². The highest BCUT2D eigenvalue weighted by Crippen LogP contribution is 2.46. The van der Waals surface area contributed by atoms with Gasteiger partial charge >= 0.3 is 0 Å². The van der Waals surface area contributed by atoms with Gasteiger partial charge in [-0.2, -0.15) is 0 Å². The normalized spacial score (nSPS) is 19.9. The first kappa shape index (κ1) is 13.4. The molecule has 1 aromatic rings. The van der Waals surface area contributed by atoms with Gasteiger partial charge in [-0.15, -0.1) is 0 Å². The first-order valence-electron chi connectivity index (χ1n) is 6.09. The molecule has 5 heteroatoms. The maximum atomic E-state index is 12.8. The van der Waals surface area contributed by atoms with Gasteiger partial charge in [0.1, 0.15) is 10.6 Å². The summed E-state index contributed by atoms with van der Waals surface area (Å²) in [5.74, 6) is 0.393. The average Bonchev–Trinajstić information content (AvgIpc) is 2.26. The van der Waals surface area contributed by atoms with Crippen molar-refractivity contribution >= 4 is 9.84 Å². The van der Waals surface area contributed by atoms with Crippen LogP contribution in [0.2, 0.25) is 0 Å². The molecule has 1 saturated carbocycles. The number of methoxy groups -OCH3 is 1. The van der Waals surface area contributed by atoms with Crippen LogP contribution in [0.15, 0.2) is 29.2 Å². The molecule has 100 valence electrons. The van der Waals surface area contributed by atoms with E-state index in [1.165, 1.54) is 7.11 Å². The number of benzene rings is 1. The summed E-state index contributed by atoms with van der Waals surface area (Å²) in [4.78, 5) is 0.254. The third kappa shape index (κ3) is 1.73. The van der Waals surface area contributed by atoms with E-state index in [1.54, 1.807) is 31.2 Å². The Morgan fingerprint density at radius 2 is 1.94 bits per heavy atom. The van der Waals surface area contributed by atoms with Crippen molar-refractivity contribution in [3.63, 3.8) is 0 Å². The molecule has 0 saturated heterocycles. The van der Waals surface area contributed by atoms with Crippen LogP contribution in [0, 0.1) is 0 Å². The predicted octanol–water partition coefficient (Wildman–Crippen LogP) is 1.74. The maximum Gasteiger partial charge on any atom is 0.189 e. The number of rotatable bonds is 4. The molecule has 1 aliphatic carbocycles. The van der Waals surface area contributed by atoms with Crippen LogP contribution in [0.3, 0.4) is 0 Å². The Labute approximate surface area is 108 Å². The fourth-order valence-electron chi connectivity index (χ4n) is 2.55. The second-order valence-corrected chi connectivity index (χ2v) is 7.12. The molecule has 1 aromatic carbocycles. The summed E-state index contributed by atoms with van der Waals surface area (Å²) < 4.78 is 29.9. The molecule has 0 radical (unpaired) electrons. The van der Waals surface area contributed by atoms with Gasteiger partial charge in [-0.05, 0) is 31.9 Å². The first-order chi connectivity index (χ1) is 8.45. The summed E-state index contributed by atoms with van der Waals surface area (Å²) >= 11 is 0. The minimum atomic E-state index is -3.46. The van der Waals surface area contributed by atoms with E-state index in [2.05, 4.69) is 0 Å². The number of hydrogen-bond donors (Lipinski definition) is 1.